The van der Waals surface area contributed by atoms with Gasteiger partial charge in [0.1, 0.15) is 12.9 Å². The Balaban J connectivity index is 1.86. The molecule has 0 aliphatic heterocycles. The molecular weight excluding hydrogens is 395 g/mol. The van der Waals surface area contributed by atoms with Crippen molar-refractivity contribution < 1.29 is 8.96 Å². The minimum atomic E-state index is -0.213. The van der Waals surface area contributed by atoms with Crippen LogP contribution in [0.2, 0.25) is 0 Å². The number of fused-ring (bicyclic) bond motifs is 5. The summed E-state index contributed by atoms with van der Waals surface area (Å²) in [4.78, 5) is 0. The van der Waals surface area contributed by atoms with Gasteiger partial charge in [0.25, 0.3) is 0 Å². The van der Waals surface area contributed by atoms with Gasteiger partial charge in [-0.05, 0) is 59.3 Å². The predicted molar refractivity (Wildman–Crippen MR) is 130 cm³/mol. The van der Waals surface area contributed by atoms with Crippen molar-refractivity contribution in [2.24, 2.45) is 7.05 Å². The van der Waals surface area contributed by atoms with E-state index < -0.39 is 0 Å². The zero-order valence-corrected chi connectivity index (χ0v) is 17.9. The van der Waals surface area contributed by atoms with E-state index in [1.807, 2.05) is 12.1 Å². The number of pyridine rings is 2. The fourth-order valence-electron chi connectivity index (χ4n) is 5.48. The summed E-state index contributed by atoms with van der Waals surface area (Å²) in [6.07, 6.45) is 2.15. The molecule has 2 nitrogen and oxygen atoms in total. The standard InChI is InChI=1S/C29H20FN2/c1-17-8-10-23-22-11-9-21(30)16-24(22)32-25-15-20(18-6-4-3-5-7-18)14-19-12-13-31(2)29(27(19)25)26(17)28(23)32/h3-16H,1-2H3/q+1. The van der Waals surface area contributed by atoms with Gasteiger partial charge in [-0.1, -0.05) is 42.5 Å². The average Bonchev–Trinajstić information content (AvgIpc) is 3.13. The first-order valence-corrected chi connectivity index (χ1v) is 10.9. The van der Waals surface area contributed by atoms with Crippen LogP contribution >= 0.6 is 0 Å². The van der Waals surface area contributed by atoms with Crippen molar-refractivity contribution in [3.05, 3.63) is 96.4 Å². The highest BCUT2D eigenvalue weighted by Gasteiger charge is 2.24. The molecule has 0 saturated heterocycles. The highest BCUT2D eigenvalue weighted by atomic mass is 19.1. The van der Waals surface area contributed by atoms with Crippen molar-refractivity contribution in [2.75, 3.05) is 0 Å². The molecule has 0 radical (unpaired) electrons. The van der Waals surface area contributed by atoms with Gasteiger partial charge in [-0.3, -0.25) is 0 Å². The molecule has 32 heavy (non-hydrogen) atoms. The molecule has 0 aliphatic carbocycles. The summed E-state index contributed by atoms with van der Waals surface area (Å²) in [6, 6.07) is 26.7. The first-order chi connectivity index (χ1) is 15.6. The molecule has 3 aromatic heterocycles. The SMILES string of the molecule is Cc1ccc2c3ccc(F)cc3n3c4cc(-c5ccccc5)cc5cc[n+](C)c(c1c23)c54. The fourth-order valence-corrected chi connectivity index (χ4v) is 5.48. The Morgan fingerprint density at radius 3 is 2.41 bits per heavy atom. The summed E-state index contributed by atoms with van der Waals surface area (Å²) in [5, 5.41) is 5.87. The van der Waals surface area contributed by atoms with Gasteiger partial charge >= 0.3 is 0 Å². The first kappa shape index (κ1) is 17.7. The van der Waals surface area contributed by atoms with E-state index in [9.17, 15) is 4.39 Å². The van der Waals surface area contributed by atoms with Crippen LogP contribution in [0, 0.1) is 12.7 Å². The van der Waals surface area contributed by atoms with Crippen molar-refractivity contribution in [1.29, 1.82) is 0 Å². The Morgan fingerprint density at radius 1 is 0.750 bits per heavy atom. The molecule has 0 aliphatic rings. The van der Waals surface area contributed by atoms with Crippen LogP contribution in [-0.2, 0) is 7.05 Å². The van der Waals surface area contributed by atoms with E-state index in [-0.39, 0.29) is 5.82 Å². The highest BCUT2D eigenvalue weighted by molar-refractivity contribution is 6.26. The molecule has 7 rings (SSSR count). The number of rotatable bonds is 1. The van der Waals surface area contributed by atoms with E-state index in [0.717, 1.165) is 32.9 Å². The average molecular weight is 415 g/mol. The van der Waals surface area contributed by atoms with Crippen LogP contribution in [0.3, 0.4) is 0 Å². The third-order valence-electron chi connectivity index (χ3n) is 6.90. The zero-order chi connectivity index (χ0) is 21.6. The molecule has 7 aromatic rings. The number of hydrogen-bond acceptors (Lipinski definition) is 0. The van der Waals surface area contributed by atoms with Gasteiger partial charge in [0, 0.05) is 16.8 Å². The van der Waals surface area contributed by atoms with Crippen LogP contribution < -0.4 is 4.57 Å². The molecule has 3 heterocycles. The maximum Gasteiger partial charge on any atom is 0.224 e. The fraction of sp³-hybridized carbons (Fsp3) is 0.0690. The molecule has 152 valence electrons. The summed E-state index contributed by atoms with van der Waals surface area (Å²) in [6.45, 7) is 2.17. The summed E-state index contributed by atoms with van der Waals surface area (Å²) in [5.74, 6) is -0.213. The van der Waals surface area contributed by atoms with Crippen molar-refractivity contribution in [1.82, 2.24) is 4.40 Å². The number of aryl methyl sites for hydroxylation is 2. The molecule has 0 atom stereocenters. The predicted octanol–water partition coefficient (Wildman–Crippen LogP) is 6.93. The second kappa shape index (κ2) is 6.04. The number of halogens is 1. The van der Waals surface area contributed by atoms with Crippen molar-refractivity contribution >= 4 is 49.0 Å². The van der Waals surface area contributed by atoms with Gasteiger partial charge in [-0.25, -0.2) is 8.96 Å². The molecule has 0 fully saturated rings. The Labute approximate surface area is 184 Å². The molecule has 0 saturated carbocycles. The third-order valence-corrected chi connectivity index (χ3v) is 6.90. The zero-order valence-electron chi connectivity index (χ0n) is 17.9. The quantitative estimate of drug-likeness (QED) is 0.156. The van der Waals surface area contributed by atoms with Crippen molar-refractivity contribution in [3.63, 3.8) is 0 Å². The highest BCUT2D eigenvalue weighted by Crippen LogP contribution is 2.41. The molecule has 3 heteroatoms. The van der Waals surface area contributed by atoms with E-state index in [2.05, 4.69) is 83.7 Å². The number of benzene rings is 4. The van der Waals surface area contributed by atoms with E-state index >= 15 is 0 Å². The lowest BCUT2D eigenvalue weighted by Crippen LogP contribution is -2.28. The van der Waals surface area contributed by atoms with Gasteiger partial charge in [0.2, 0.25) is 5.52 Å². The van der Waals surface area contributed by atoms with Gasteiger partial charge < -0.3 is 4.40 Å². The molecule has 0 unspecified atom stereocenters. The van der Waals surface area contributed by atoms with Gasteiger partial charge in [-0.15, -0.1) is 0 Å². The van der Waals surface area contributed by atoms with Crippen molar-refractivity contribution in [3.8, 4) is 11.1 Å². The van der Waals surface area contributed by atoms with Crippen LogP contribution in [0.1, 0.15) is 5.56 Å². The van der Waals surface area contributed by atoms with Crippen molar-refractivity contribution in [2.45, 2.75) is 6.92 Å². The van der Waals surface area contributed by atoms with Crippen LogP contribution in [0.15, 0.2) is 85.1 Å². The minimum Gasteiger partial charge on any atom is -0.307 e. The minimum absolute atomic E-state index is 0.213. The van der Waals surface area contributed by atoms with Crippen LogP contribution in [0.5, 0.6) is 0 Å². The summed E-state index contributed by atoms with van der Waals surface area (Å²) < 4.78 is 19.0. The molecule has 4 aromatic carbocycles. The Morgan fingerprint density at radius 2 is 1.56 bits per heavy atom. The number of nitrogens with zero attached hydrogens (tertiary/aromatic N) is 2. The van der Waals surface area contributed by atoms with E-state index in [4.69, 9.17) is 0 Å². The molecule has 0 amide bonds. The largest absolute Gasteiger partial charge is 0.307 e. The Kier molecular flexibility index (Phi) is 3.34. The van der Waals surface area contributed by atoms with E-state index in [0.29, 0.717) is 0 Å². The third kappa shape index (κ3) is 2.15. The smallest absolute Gasteiger partial charge is 0.224 e. The monoisotopic (exact) mass is 415 g/mol. The first-order valence-electron chi connectivity index (χ1n) is 10.9. The van der Waals surface area contributed by atoms with Gasteiger partial charge in [0.15, 0.2) is 6.20 Å². The summed E-state index contributed by atoms with van der Waals surface area (Å²) in [7, 11) is 2.11. The topological polar surface area (TPSA) is 8.29 Å². The Hall–Kier alpha value is -3.98. The molecule has 0 bridgehead atoms. The lowest BCUT2D eigenvalue weighted by Gasteiger charge is -2.14. The van der Waals surface area contributed by atoms with Crippen LogP contribution in [0.25, 0.3) is 60.1 Å². The van der Waals surface area contributed by atoms with Gasteiger partial charge in [-0.2, -0.15) is 0 Å². The molecular formula is C29H20FN2+. The van der Waals surface area contributed by atoms with Crippen LogP contribution in [0.4, 0.5) is 4.39 Å². The normalized spacial score (nSPS) is 12.2. The van der Waals surface area contributed by atoms with E-state index in [1.165, 1.54) is 32.8 Å². The Bertz CT molecular complexity index is 1850. The second-order valence-corrected chi connectivity index (χ2v) is 8.75. The number of hydrogen-bond donors (Lipinski definition) is 0. The molecule has 0 N–H and O–H groups in total. The van der Waals surface area contributed by atoms with Crippen LogP contribution in [-0.4, -0.2) is 4.40 Å². The summed E-state index contributed by atoms with van der Waals surface area (Å²) in [5.41, 5.74) is 7.96. The summed E-state index contributed by atoms with van der Waals surface area (Å²) >= 11 is 0. The second-order valence-electron chi connectivity index (χ2n) is 8.75. The lowest BCUT2D eigenvalue weighted by molar-refractivity contribution is -0.643. The maximum absolute atomic E-state index is 14.5. The maximum atomic E-state index is 14.5. The number of aromatic nitrogens is 2. The molecule has 0 spiro atoms. The van der Waals surface area contributed by atoms with Gasteiger partial charge in [0.05, 0.1) is 27.3 Å². The van der Waals surface area contributed by atoms with E-state index in [1.54, 1.807) is 12.1 Å². The lowest BCUT2D eigenvalue weighted by atomic mass is 9.96.